The van der Waals surface area contributed by atoms with Crippen molar-refractivity contribution in [2.45, 2.75) is 24.9 Å². The minimum absolute atomic E-state index is 0.0855. The van der Waals surface area contributed by atoms with Crippen molar-refractivity contribution in [1.82, 2.24) is 9.80 Å². The van der Waals surface area contributed by atoms with Crippen LogP contribution in [0.1, 0.15) is 30.4 Å². The van der Waals surface area contributed by atoms with Gasteiger partial charge in [0, 0.05) is 44.3 Å². The summed E-state index contributed by atoms with van der Waals surface area (Å²) in [6, 6.07) is 12.0. The van der Waals surface area contributed by atoms with Gasteiger partial charge in [-0.05, 0) is 56.6 Å². The molecule has 1 fully saturated rings. The molecule has 31 heavy (non-hydrogen) atoms. The maximum atomic E-state index is 13.7. The van der Waals surface area contributed by atoms with E-state index in [-0.39, 0.29) is 24.2 Å². The molecule has 1 amide bonds. The van der Waals surface area contributed by atoms with Gasteiger partial charge in [0.1, 0.15) is 11.6 Å². The predicted octanol–water partition coefficient (Wildman–Crippen LogP) is 4.00. The first-order valence-corrected chi connectivity index (χ1v) is 10.6. The molecule has 3 rings (SSSR count). The van der Waals surface area contributed by atoms with Crippen LogP contribution in [-0.2, 0) is 10.3 Å². The van der Waals surface area contributed by atoms with Gasteiger partial charge in [0.25, 0.3) is 0 Å². The Morgan fingerprint density at radius 2 is 1.52 bits per heavy atom. The molecule has 0 bridgehead atoms. The molecule has 2 aromatic carbocycles. The van der Waals surface area contributed by atoms with Gasteiger partial charge >= 0.3 is 6.09 Å². The van der Waals surface area contributed by atoms with Crippen molar-refractivity contribution >= 4 is 6.09 Å². The Kier molecular flexibility index (Phi) is 7.62. The molecule has 0 aliphatic carbocycles. The Balaban J connectivity index is 2.07. The van der Waals surface area contributed by atoms with Crippen LogP contribution in [0.4, 0.5) is 13.6 Å². The molecule has 7 heteroatoms. The number of piperidine rings is 1. The average molecular weight is 433 g/mol. The molecule has 0 atom stereocenters. The number of aliphatic hydroxyl groups excluding tert-OH is 1. The number of carbonyl (C=O) groups excluding carboxylic acids is 1. The molecular formula is C24H30F2N2O3. The Bertz CT molecular complexity index is 803. The number of likely N-dealkylation sites (tertiary alicyclic amines) is 1. The lowest BCUT2D eigenvalue weighted by Crippen LogP contribution is -2.48. The van der Waals surface area contributed by atoms with Crippen LogP contribution in [0.15, 0.2) is 48.5 Å². The summed E-state index contributed by atoms with van der Waals surface area (Å²) in [6.07, 6.45) is 1.67. The largest absolute Gasteiger partial charge is 0.433 e. The van der Waals surface area contributed by atoms with Crippen molar-refractivity contribution in [1.29, 1.82) is 0 Å². The normalized spacial score (nSPS) is 15.6. The average Bonchev–Trinajstić information content (AvgIpc) is 2.77. The molecule has 1 N–H and O–H groups in total. The smallest absolute Gasteiger partial charge is 0.410 e. The Morgan fingerprint density at radius 1 is 1.03 bits per heavy atom. The summed E-state index contributed by atoms with van der Waals surface area (Å²) < 4.78 is 33.7. The van der Waals surface area contributed by atoms with Gasteiger partial charge in [-0.25, -0.2) is 13.6 Å². The van der Waals surface area contributed by atoms with E-state index in [9.17, 15) is 13.6 Å². The lowest BCUT2D eigenvalue weighted by Gasteiger charge is -2.45. The van der Waals surface area contributed by atoms with Crippen molar-refractivity contribution in [2.24, 2.45) is 5.92 Å². The maximum absolute atomic E-state index is 13.7. The summed E-state index contributed by atoms with van der Waals surface area (Å²) in [6.45, 7) is 2.53. The number of hydrogen-bond donors (Lipinski definition) is 1. The van der Waals surface area contributed by atoms with E-state index in [0.29, 0.717) is 17.5 Å². The summed E-state index contributed by atoms with van der Waals surface area (Å²) in [5, 5.41) is 9.12. The number of ether oxygens (including phenoxy) is 1. The Labute approximate surface area is 182 Å². The van der Waals surface area contributed by atoms with Crippen LogP contribution >= 0.6 is 0 Å². The van der Waals surface area contributed by atoms with Gasteiger partial charge in [-0.3, -0.25) is 0 Å². The molecule has 1 aliphatic heterocycles. The van der Waals surface area contributed by atoms with E-state index < -0.39 is 11.7 Å². The summed E-state index contributed by atoms with van der Waals surface area (Å²) in [4.78, 5) is 16.4. The molecular weight excluding hydrogens is 402 g/mol. The number of amides is 1. The van der Waals surface area contributed by atoms with Gasteiger partial charge < -0.3 is 19.6 Å². The lowest BCUT2D eigenvalue weighted by atomic mass is 9.71. The third-order valence-corrected chi connectivity index (χ3v) is 5.95. The van der Waals surface area contributed by atoms with Crippen LogP contribution in [0.2, 0.25) is 0 Å². The zero-order valence-electron chi connectivity index (χ0n) is 18.1. The van der Waals surface area contributed by atoms with E-state index in [1.165, 1.54) is 29.2 Å². The van der Waals surface area contributed by atoms with Crippen LogP contribution in [-0.4, -0.2) is 61.3 Å². The summed E-state index contributed by atoms with van der Waals surface area (Å²) >= 11 is 0. The van der Waals surface area contributed by atoms with Crippen LogP contribution < -0.4 is 0 Å². The number of carbonyl (C=O) groups is 1. The van der Waals surface area contributed by atoms with Crippen LogP contribution in [0.25, 0.3) is 0 Å². The van der Waals surface area contributed by atoms with Gasteiger partial charge in [-0.1, -0.05) is 24.3 Å². The first-order chi connectivity index (χ1) is 14.9. The fourth-order valence-electron chi connectivity index (χ4n) is 4.32. The van der Waals surface area contributed by atoms with Crippen molar-refractivity contribution in [2.75, 3.05) is 40.3 Å². The van der Waals surface area contributed by atoms with E-state index in [2.05, 4.69) is 4.90 Å². The first-order valence-electron chi connectivity index (χ1n) is 10.6. The highest BCUT2D eigenvalue weighted by Gasteiger charge is 2.47. The van der Waals surface area contributed by atoms with Gasteiger partial charge in [0.15, 0.2) is 5.60 Å². The second kappa shape index (κ2) is 10.2. The highest BCUT2D eigenvalue weighted by atomic mass is 19.1. The number of halogens is 2. The molecule has 0 aromatic heterocycles. The number of rotatable bonds is 7. The molecule has 1 heterocycles. The Morgan fingerprint density at radius 3 is 1.94 bits per heavy atom. The van der Waals surface area contributed by atoms with E-state index in [4.69, 9.17) is 9.84 Å². The monoisotopic (exact) mass is 432 g/mol. The SMILES string of the molecule is CN(C)C(=O)OC(c1ccc(F)cc1)(c1ccc(F)cc1)C1CCN(CCCO)CC1. The third kappa shape index (κ3) is 5.22. The fourth-order valence-corrected chi connectivity index (χ4v) is 4.32. The van der Waals surface area contributed by atoms with Crippen molar-refractivity contribution < 1.29 is 23.4 Å². The highest BCUT2D eigenvalue weighted by Crippen LogP contribution is 2.45. The lowest BCUT2D eigenvalue weighted by molar-refractivity contribution is -0.0402. The quantitative estimate of drug-likeness (QED) is 0.719. The predicted molar refractivity (Wildman–Crippen MR) is 115 cm³/mol. The zero-order chi connectivity index (χ0) is 22.4. The highest BCUT2D eigenvalue weighted by molar-refractivity contribution is 5.68. The van der Waals surface area contributed by atoms with Crippen molar-refractivity contribution in [3.8, 4) is 0 Å². The van der Waals surface area contributed by atoms with Gasteiger partial charge in [-0.15, -0.1) is 0 Å². The topological polar surface area (TPSA) is 53.0 Å². The number of hydrogen-bond acceptors (Lipinski definition) is 4. The van der Waals surface area contributed by atoms with Crippen LogP contribution in [0, 0.1) is 17.6 Å². The molecule has 0 saturated carbocycles. The standard InChI is InChI=1S/C24H30F2N2O3/c1-27(2)23(30)31-24(18-4-8-21(25)9-5-18,19-6-10-22(26)11-7-19)20-12-15-28(16-13-20)14-3-17-29/h4-11,20,29H,3,12-17H2,1-2H3. The van der Waals surface area contributed by atoms with Crippen molar-refractivity contribution in [3.05, 3.63) is 71.3 Å². The number of aliphatic hydroxyl groups is 1. The Hall–Kier alpha value is -2.51. The van der Waals surface area contributed by atoms with Gasteiger partial charge in [-0.2, -0.15) is 0 Å². The number of benzene rings is 2. The first kappa shape index (κ1) is 23.2. The second-order valence-corrected chi connectivity index (χ2v) is 8.20. The molecule has 5 nitrogen and oxygen atoms in total. The van der Waals surface area contributed by atoms with E-state index in [1.807, 2.05) is 0 Å². The maximum Gasteiger partial charge on any atom is 0.410 e. The molecule has 1 aliphatic rings. The molecule has 2 aromatic rings. The molecule has 168 valence electrons. The number of nitrogens with zero attached hydrogens (tertiary/aromatic N) is 2. The molecule has 0 spiro atoms. The van der Waals surface area contributed by atoms with E-state index >= 15 is 0 Å². The van der Waals surface area contributed by atoms with Crippen LogP contribution in [0.5, 0.6) is 0 Å². The third-order valence-electron chi connectivity index (χ3n) is 5.95. The fraction of sp³-hybridized carbons (Fsp3) is 0.458. The summed E-state index contributed by atoms with van der Waals surface area (Å²) in [7, 11) is 3.22. The zero-order valence-corrected chi connectivity index (χ0v) is 18.1. The van der Waals surface area contributed by atoms with E-state index in [1.54, 1.807) is 38.4 Å². The minimum Gasteiger partial charge on any atom is -0.433 e. The summed E-state index contributed by atoms with van der Waals surface area (Å²) in [5.74, 6) is -0.846. The minimum atomic E-state index is -1.17. The summed E-state index contributed by atoms with van der Waals surface area (Å²) in [5.41, 5.74) is 0.139. The van der Waals surface area contributed by atoms with Crippen LogP contribution in [0.3, 0.4) is 0 Å². The molecule has 1 saturated heterocycles. The van der Waals surface area contributed by atoms with E-state index in [0.717, 1.165) is 32.5 Å². The second-order valence-electron chi connectivity index (χ2n) is 8.20. The molecule has 0 radical (unpaired) electrons. The van der Waals surface area contributed by atoms with Gasteiger partial charge in [0.05, 0.1) is 0 Å². The molecule has 0 unspecified atom stereocenters. The van der Waals surface area contributed by atoms with Gasteiger partial charge in [0.2, 0.25) is 0 Å². The van der Waals surface area contributed by atoms with Crippen molar-refractivity contribution in [3.63, 3.8) is 0 Å².